The van der Waals surface area contributed by atoms with Gasteiger partial charge in [-0.3, -0.25) is 19.7 Å². The molecule has 8 heteroatoms. The molecule has 0 aliphatic carbocycles. The Balaban J connectivity index is 1.46. The third-order valence-electron chi connectivity index (χ3n) is 7.33. The fraction of sp³-hybridized carbons (Fsp3) is 0.222. The first-order chi connectivity index (χ1) is 16.8. The van der Waals surface area contributed by atoms with E-state index in [1.807, 2.05) is 31.2 Å². The zero-order chi connectivity index (χ0) is 24.5. The summed E-state index contributed by atoms with van der Waals surface area (Å²) in [4.78, 5) is 44.4. The van der Waals surface area contributed by atoms with E-state index in [0.29, 0.717) is 22.0 Å². The van der Waals surface area contributed by atoms with Crippen molar-refractivity contribution in [3.8, 4) is 0 Å². The largest absolute Gasteiger partial charge is 0.306 e. The van der Waals surface area contributed by atoms with Gasteiger partial charge in [-0.05, 0) is 48.9 Å². The maximum absolute atomic E-state index is 14.2. The third kappa shape index (κ3) is 3.01. The first kappa shape index (κ1) is 21.9. The number of hydrogen-bond acceptors (Lipinski definition) is 4. The van der Waals surface area contributed by atoms with Crippen LogP contribution in [-0.4, -0.2) is 23.8 Å². The molecule has 3 heterocycles. The summed E-state index contributed by atoms with van der Waals surface area (Å²) >= 11 is 6.14. The van der Waals surface area contributed by atoms with Gasteiger partial charge in [-0.15, -0.1) is 0 Å². The molecule has 3 aliphatic heterocycles. The second kappa shape index (κ2) is 7.73. The van der Waals surface area contributed by atoms with Crippen molar-refractivity contribution in [1.82, 2.24) is 5.32 Å². The molecule has 35 heavy (non-hydrogen) atoms. The highest BCUT2D eigenvalue weighted by atomic mass is 35.5. The molecule has 0 unspecified atom stereocenters. The fourth-order valence-electron chi connectivity index (χ4n) is 5.91. The zero-order valence-corrected chi connectivity index (χ0v) is 19.5. The Morgan fingerprint density at radius 2 is 1.71 bits per heavy atom. The number of carbonyl (C=O) groups excluding carboxylic acids is 3. The average molecular weight is 490 g/mol. The van der Waals surface area contributed by atoms with E-state index in [-0.39, 0.29) is 24.2 Å². The van der Waals surface area contributed by atoms with E-state index in [9.17, 15) is 18.8 Å². The average Bonchev–Trinajstić information content (AvgIpc) is 3.39. The minimum absolute atomic E-state index is 0.214. The molecule has 6 nitrogen and oxygen atoms in total. The van der Waals surface area contributed by atoms with Crippen molar-refractivity contribution < 1.29 is 18.8 Å². The second-order valence-corrected chi connectivity index (χ2v) is 9.71. The molecule has 0 saturated carbocycles. The molecule has 1 N–H and O–H groups in total. The summed E-state index contributed by atoms with van der Waals surface area (Å²) in [6, 6.07) is 19.5. The number of nitrogens with one attached hydrogen (secondary N) is 1. The van der Waals surface area contributed by atoms with Gasteiger partial charge in [0.05, 0.1) is 24.1 Å². The number of imide groups is 1. The van der Waals surface area contributed by atoms with Crippen molar-refractivity contribution >= 4 is 40.7 Å². The highest BCUT2D eigenvalue weighted by molar-refractivity contribution is 6.31. The van der Waals surface area contributed by atoms with E-state index in [4.69, 9.17) is 11.6 Å². The standard InChI is InChI=1S/C27H21ClFN3O3/c1-15-22-23(25(34)32(24(22)33)19-6-4-5-17(28)13-19)27(30-15)20-7-2-3-8-21(20)31(26(27)35)14-16-9-11-18(29)12-10-16/h2-13,15,22-23,30H,14H2,1H3/t15-,22-,23+,27+/m1/s1. The normalized spacial score (nSPS) is 27.2. The van der Waals surface area contributed by atoms with Crippen LogP contribution in [0.4, 0.5) is 15.8 Å². The summed E-state index contributed by atoms with van der Waals surface area (Å²) in [6.07, 6.45) is 0. The lowest BCUT2D eigenvalue weighted by molar-refractivity contribution is -0.132. The number of halogens is 2. The minimum Gasteiger partial charge on any atom is -0.306 e. The summed E-state index contributed by atoms with van der Waals surface area (Å²) in [7, 11) is 0. The SMILES string of the molecule is C[C@H]1N[C@]2(C(=O)N(Cc3ccc(F)cc3)c3ccccc32)[C@@H]2C(=O)N(c3cccc(Cl)c3)C(=O)[C@@H]21. The molecule has 2 fully saturated rings. The summed E-state index contributed by atoms with van der Waals surface area (Å²) in [5.41, 5.74) is 1.11. The number of carbonyl (C=O) groups is 3. The fourth-order valence-corrected chi connectivity index (χ4v) is 6.09. The van der Waals surface area contributed by atoms with Crippen molar-refractivity contribution in [3.05, 3.63) is 94.8 Å². The molecule has 0 radical (unpaired) electrons. The van der Waals surface area contributed by atoms with Crippen LogP contribution in [0.5, 0.6) is 0 Å². The Bertz CT molecular complexity index is 1390. The summed E-state index contributed by atoms with van der Waals surface area (Å²) in [5.74, 6) is -3.03. The van der Waals surface area contributed by atoms with Gasteiger partial charge in [-0.25, -0.2) is 9.29 Å². The van der Waals surface area contributed by atoms with Crippen LogP contribution in [-0.2, 0) is 26.5 Å². The van der Waals surface area contributed by atoms with Gasteiger partial charge in [-0.2, -0.15) is 0 Å². The Kier molecular flexibility index (Phi) is 4.85. The third-order valence-corrected chi connectivity index (χ3v) is 7.57. The number of amides is 3. The zero-order valence-electron chi connectivity index (χ0n) is 18.7. The minimum atomic E-state index is -1.37. The van der Waals surface area contributed by atoms with E-state index in [1.165, 1.54) is 17.0 Å². The van der Waals surface area contributed by atoms with E-state index in [0.717, 1.165) is 5.56 Å². The smallest absolute Gasteiger partial charge is 0.253 e. The number of rotatable bonds is 3. The Hall–Kier alpha value is -3.55. The predicted molar refractivity (Wildman–Crippen MR) is 129 cm³/mol. The maximum atomic E-state index is 14.2. The van der Waals surface area contributed by atoms with Crippen LogP contribution < -0.4 is 15.1 Å². The Labute approximate surface area is 206 Å². The number of fused-ring (bicyclic) bond motifs is 4. The molecule has 176 valence electrons. The van der Waals surface area contributed by atoms with Gasteiger partial charge in [0, 0.05) is 22.3 Å². The molecular formula is C27H21ClFN3O3. The van der Waals surface area contributed by atoms with Crippen molar-refractivity contribution in [2.24, 2.45) is 11.8 Å². The molecule has 3 aliphatic rings. The highest BCUT2D eigenvalue weighted by Crippen LogP contribution is 2.55. The van der Waals surface area contributed by atoms with Crippen LogP contribution in [0.1, 0.15) is 18.1 Å². The van der Waals surface area contributed by atoms with Gasteiger partial charge in [0.2, 0.25) is 11.8 Å². The van der Waals surface area contributed by atoms with E-state index in [2.05, 4.69) is 5.32 Å². The van der Waals surface area contributed by atoms with Crippen LogP contribution in [0.3, 0.4) is 0 Å². The van der Waals surface area contributed by atoms with Crippen molar-refractivity contribution in [3.63, 3.8) is 0 Å². The molecule has 3 amide bonds. The molecule has 4 atom stereocenters. The number of hydrogen-bond donors (Lipinski definition) is 1. The lowest BCUT2D eigenvalue weighted by atomic mass is 9.76. The van der Waals surface area contributed by atoms with E-state index >= 15 is 0 Å². The van der Waals surface area contributed by atoms with E-state index in [1.54, 1.807) is 41.3 Å². The Morgan fingerprint density at radius 1 is 0.971 bits per heavy atom. The van der Waals surface area contributed by atoms with Crippen LogP contribution in [0.2, 0.25) is 5.02 Å². The number of para-hydroxylation sites is 1. The number of anilines is 2. The van der Waals surface area contributed by atoms with Gasteiger partial charge < -0.3 is 4.90 Å². The first-order valence-electron chi connectivity index (χ1n) is 11.4. The van der Waals surface area contributed by atoms with E-state index < -0.39 is 29.3 Å². The Morgan fingerprint density at radius 3 is 2.46 bits per heavy atom. The number of nitrogens with zero attached hydrogens (tertiary/aromatic N) is 2. The molecule has 3 aromatic rings. The summed E-state index contributed by atoms with van der Waals surface area (Å²) in [6.45, 7) is 2.04. The molecular weight excluding hydrogens is 469 g/mol. The van der Waals surface area contributed by atoms with Crippen LogP contribution >= 0.6 is 11.6 Å². The van der Waals surface area contributed by atoms with Crippen molar-refractivity contribution in [2.75, 3.05) is 9.80 Å². The molecule has 3 aromatic carbocycles. The van der Waals surface area contributed by atoms with Crippen LogP contribution in [0, 0.1) is 17.7 Å². The predicted octanol–water partition coefficient (Wildman–Crippen LogP) is 4.02. The first-order valence-corrected chi connectivity index (χ1v) is 11.8. The summed E-state index contributed by atoms with van der Waals surface area (Å²) < 4.78 is 13.5. The lowest BCUT2D eigenvalue weighted by Crippen LogP contribution is -2.54. The quantitative estimate of drug-likeness (QED) is 0.564. The molecule has 2 saturated heterocycles. The van der Waals surface area contributed by atoms with Gasteiger partial charge in [-0.1, -0.05) is 48.0 Å². The van der Waals surface area contributed by atoms with Crippen molar-refractivity contribution in [1.29, 1.82) is 0 Å². The van der Waals surface area contributed by atoms with Crippen molar-refractivity contribution in [2.45, 2.75) is 25.0 Å². The topological polar surface area (TPSA) is 69.7 Å². The van der Waals surface area contributed by atoms with Gasteiger partial charge in [0.15, 0.2) is 0 Å². The molecule has 0 bridgehead atoms. The van der Waals surface area contributed by atoms with Gasteiger partial charge >= 0.3 is 0 Å². The van der Waals surface area contributed by atoms with Gasteiger partial charge in [0.25, 0.3) is 5.91 Å². The van der Waals surface area contributed by atoms with Gasteiger partial charge in [0.1, 0.15) is 11.4 Å². The summed E-state index contributed by atoms with van der Waals surface area (Å²) in [5, 5.41) is 3.77. The molecule has 0 aromatic heterocycles. The number of benzene rings is 3. The molecule has 1 spiro atoms. The van der Waals surface area contributed by atoms with Crippen LogP contribution in [0.15, 0.2) is 72.8 Å². The monoisotopic (exact) mass is 489 g/mol. The lowest BCUT2D eigenvalue weighted by Gasteiger charge is -2.30. The maximum Gasteiger partial charge on any atom is 0.253 e. The van der Waals surface area contributed by atoms with Crippen LogP contribution in [0.25, 0.3) is 0 Å². The molecule has 6 rings (SSSR count). The second-order valence-electron chi connectivity index (χ2n) is 9.27. The highest BCUT2D eigenvalue weighted by Gasteiger charge is 2.71.